The number of hydrazone groups is 1. The molecule has 3 aliphatic rings. The summed E-state index contributed by atoms with van der Waals surface area (Å²) >= 11 is 6.58. The van der Waals surface area contributed by atoms with E-state index < -0.39 is 0 Å². The van der Waals surface area contributed by atoms with Crippen molar-refractivity contribution in [3.05, 3.63) is 89.5 Å². The number of nitrogens with zero attached hydrogens (tertiary/aromatic N) is 4. The molecule has 0 bridgehead atoms. The van der Waals surface area contributed by atoms with Gasteiger partial charge in [0.1, 0.15) is 6.34 Å². The van der Waals surface area contributed by atoms with E-state index in [1.54, 1.807) is 28.5 Å². The van der Waals surface area contributed by atoms with Gasteiger partial charge in [-0.15, -0.1) is 0 Å². The number of hydrogen-bond donors (Lipinski definition) is 3. The summed E-state index contributed by atoms with van der Waals surface area (Å²) in [5.74, 6) is 2.98. The highest BCUT2D eigenvalue weighted by Gasteiger charge is 2.34. The third-order valence-electron chi connectivity index (χ3n) is 5.12. The first-order valence-corrected chi connectivity index (χ1v) is 10.6. The summed E-state index contributed by atoms with van der Waals surface area (Å²) in [4.78, 5) is 4.79. The molecule has 0 radical (unpaired) electrons. The Labute approximate surface area is 194 Å². The number of fused-ring (bicyclic) bond motifs is 2. The number of para-hydroxylation sites is 2. The van der Waals surface area contributed by atoms with E-state index in [9.17, 15) is 0 Å². The molecule has 0 saturated heterocycles. The fourth-order valence-corrected chi connectivity index (χ4v) is 3.85. The molecule has 10 heteroatoms. The van der Waals surface area contributed by atoms with Crippen LogP contribution in [-0.2, 0) is 0 Å². The van der Waals surface area contributed by atoms with E-state index in [0.29, 0.717) is 39.8 Å². The molecule has 0 spiro atoms. The van der Waals surface area contributed by atoms with E-state index in [4.69, 9.17) is 26.1 Å². The van der Waals surface area contributed by atoms with E-state index in [2.05, 4.69) is 21.2 Å². The summed E-state index contributed by atoms with van der Waals surface area (Å²) in [5.41, 5.74) is 5.66. The number of hydrogen-bond acceptors (Lipinski definition) is 9. The molecule has 9 nitrogen and oxygen atoms in total. The maximum atomic E-state index is 6.58. The first-order chi connectivity index (χ1) is 16.2. The Morgan fingerprint density at radius 3 is 2.27 bits per heavy atom. The third-order valence-corrected chi connectivity index (χ3v) is 5.42. The molecule has 3 aromatic rings. The maximum absolute atomic E-state index is 6.58. The summed E-state index contributed by atoms with van der Waals surface area (Å²) in [6, 6.07) is 23.1. The Kier molecular flexibility index (Phi) is 4.66. The fourth-order valence-electron chi connectivity index (χ4n) is 3.61. The van der Waals surface area contributed by atoms with E-state index >= 15 is 0 Å². The molecule has 0 fully saturated rings. The molecule has 3 aliphatic heterocycles. The lowest BCUT2D eigenvalue weighted by atomic mass is 10.2. The smallest absolute Gasteiger partial charge is 0.231 e. The molecule has 0 aliphatic carbocycles. The zero-order valence-electron chi connectivity index (χ0n) is 17.2. The van der Waals surface area contributed by atoms with Crippen LogP contribution in [0.15, 0.2) is 94.5 Å². The molecule has 3 aromatic carbocycles. The van der Waals surface area contributed by atoms with Crippen LogP contribution < -0.4 is 30.5 Å². The van der Waals surface area contributed by atoms with Crippen LogP contribution in [0.4, 0.5) is 17.1 Å². The highest BCUT2D eigenvalue weighted by atomic mass is 35.5. The Bertz CT molecular complexity index is 1290. The van der Waals surface area contributed by atoms with Crippen molar-refractivity contribution in [3.8, 4) is 11.5 Å². The minimum atomic E-state index is 0.161. The van der Waals surface area contributed by atoms with Gasteiger partial charge in [0.05, 0.1) is 10.7 Å². The van der Waals surface area contributed by atoms with E-state index in [-0.39, 0.29) is 6.79 Å². The van der Waals surface area contributed by atoms with Crippen LogP contribution in [0.2, 0.25) is 5.02 Å². The van der Waals surface area contributed by atoms with Crippen molar-refractivity contribution < 1.29 is 9.47 Å². The quantitative estimate of drug-likeness (QED) is 0.534. The van der Waals surface area contributed by atoms with E-state index in [0.717, 1.165) is 11.4 Å². The van der Waals surface area contributed by atoms with Crippen LogP contribution in [0.5, 0.6) is 11.5 Å². The molecular weight excluding hydrogens is 442 g/mol. The van der Waals surface area contributed by atoms with Crippen molar-refractivity contribution >= 4 is 41.0 Å². The van der Waals surface area contributed by atoms with Gasteiger partial charge in [-0.05, 0) is 24.3 Å². The molecular formula is C23H18ClN7O2. The second kappa shape index (κ2) is 7.95. The average Bonchev–Trinajstić information content (AvgIpc) is 3.46. The van der Waals surface area contributed by atoms with Crippen molar-refractivity contribution in [2.45, 2.75) is 0 Å². The Hall–Kier alpha value is -4.37. The minimum Gasteiger partial charge on any atom is -0.454 e. The zero-order valence-corrected chi connectivity index (χ0v) is 18.0. The van der Waals surface area contributed by atoms with Gasteiger partial charge in [0.15, 0.2) is 23.1 Å². The monoisotopic (exact) mass is 459 g/mol. The second-order valence-corrected chi connectivity index (χ2v) is 7.70. The summed E-state index contributed by atoms with van der Waals surface area (Å²) in [6.45, 7) is 0.161. The zero-order chi connectivity index (χ0) is 22.2. The van der Waals surface area contributed by atoms with Crippen molar-refractivity contribution in [2.24, 2.45) is 10.1 Å². The van der Waals surface area contributed by atoms with Gasteiger partial charge < -0.3 is 20.1 Å². The molecule has 0 aromatic heterocycles. The summed E-state index contributed by atoms with van der Waals surface area (Å²) in [7, 11) is 0. The standard InChI is InChI=1S/C23H18ClN7O2/c24-17-11-19-20(33-14-32-19)12-18(17)31-22-21(26-15-7-3-1-4-8-15)28-23(29-30(22)13-25-31)27-16-9-5-2-6-10-16/h1-13,26H,14H2,(H2,27,28,29). The van der Waals surface area contributed by atoms with Crippen LogP contribution in [0, 0.1) is 0 Å². The van der Waals surface area contributed by atoms with Gasteiger partial charge >= 0.3 is 0 Å². The molecule has 0 atom stereocenters. The topological polar surface area (TPSA) is 85.8 Å². The molecule has 0 unspecified atom stereocenters. The first kappa shape index (κ1) is 19.3. The van der Waals surface area contributed by atoms with Gasteiger partial charge in [0, 0.05) is 23.5 Å². The number of aliphatic imine (C=N–C) groups is 1. The van der Waals surface area contributed by atoms with Crippen molar-refractivity contribution in [3.63, 3.8) is 0 Å². The SMILES string of the molecule is Clc1cc2c(cc1N1N=CN3NC(Nc4ccccc4)=NC(Nc4ccccc4)=C31)OCO2. The average molecular weight is 460 g/mol. The molecule has 3 N–H and O–H groups in total. The van der Waals surface area contributed by atoms with Gasteiger partial charge in [-0.1, -0.05) is 48.0 Å². The van der Waals surface area contributed by atoms with Crippen LogP contribution in [0.1, 0.15) is 0 Å². The third kappa shape index (κ3) is 3.64. The van der Waals surface area contributed by atoms with Crippen molar-refractivity contribution in [1.82, 2.24) is 10.4 Å². The summed E-state index contributed by atoms with van der Waals surface area (Å²) in [6.07, 6.45) is 1.66. The lowest BCUT2D eigenvalue weighted by Gasteiger charge is -2.30. The normalized spacial score (nSPS) is 15.8. The van der Waals surface area contributed by atoms with Gasteiger partial charge in [-0.2, -0.15) is 10.1 Å². The summed E-state index contributed by atoms with van der Waals surface area (Å²) in [5, 5.41) is 15.2. The number of guanidine groups is 1. The van der Waals surface area contributed by atoms with Gasteiger partial charge in [-0.25, -0.2) is 10.0 Å². The van der Waals surface area contributed by atoms with Gasteiger partial charge in [0.2, 0.25) is 12.8 Å². The first-order valence-electron chi connectivity index (χ1n) is 10.2. The van der Waals surface area contributed by atoms with Crippen LogP contribution in [0.25, 0.3) is 0 Å². The number of ether oxygens (including phenoxy) is 2. The molecule has 33 heavy (non-hydrogen) atoms. The lowest BCUT2D eigenvalue weighted by molar-refractivity contribution is 0.174. The number of nitrogens with one attached hydrogen (secondary N) is 3. The Balaban J connectivity index is 1.42. The van der Waals surface area contributed by atoms with Crippen LogP contribution in [-0.4, -0.2) is 24.1 Å². The largest absolute Gasteiger partial charge is 0.454 e. The highest BCUT2D eigenvalue weighted by Crippen LogP contribution is 2.43. The molecule has 3 heterocycles. The molecule has 0 saturated carbocycles. The predicted molar refractivity (Wildman–Crippen MR) is 128 cm³/mol. The van der Waals surface area contributed by atoms with Crippen molar-refractivity contribution in [2.75, 3.05) is 22.4 Å². The van der Waals surface area contributed by atoms with E-state index in [1.165, 1.54) is 0 Å². The molecule has 164 valence electrons. The van der Waals surface area contributed by atoms with E-state index in [1.807, 2.05) is 60.7 Å². The second-order valence-electron chi connectivity index (χ2n) is 7.30. The maximum Gasteiger partial charge on any atom is 0.231 e. The number of rotatable bonds is 4. The van der Waals surface area contributed by atoms with Gasteiger partial charge in [-0.3, -0.25) is 5.43 Å². The fraction of sp³-hybridized carbons (Fsp3) is 0.0435. The highest BCUT2D eigenvalue weighted by molar-refractivity contribution is 6.33. The molecule has 0 amide bonds. The lowest BCUT2D eigenvalue weighted by Crippen LogP contribution is -2.48. The van der Waals surface area contributed by atoms with Crippen LogP contribution >= 0.6 is 11.6 Å². The number of anilines is 3. The number of benzene rings is 3. The predicted octanol–water partition coefficient (Wildman–Crippen LogP) is 4.36. The molecule has 6 rings (SSSR count). The Morgan fingerprint density at radius 1 is 0.879 bits per heavy atom. The van der Waals surface area contributed by atoms with Crippen LogP contribution in [0.3, 0.4) is 0 Å². The summed E-state index contributed by atoms with van der Waals surface area (Å²) < 4.78 is 11.0. The number of hydrazine groups is 1. The van der Waals surface area contributed by atoms with Gasteiger partial charge in [0.25, 0.3) is 0 Å². The minimum absolute atomic E-state index is 0.161. The Morgan fingerprint density at radius 2 is 1.55 bits per heavy atom. The van der Waals surface area contributed by atoms with Crippen molar-refractivity contribution in [1.29, 1.82) is 0 Å². The number of halogens is 1.